The number of rotatable bonds is 4. The highest BCUT2D eigenvalue weighted by atomic mass is 17.2. The Bertz CT molecular complexity index is 232. The van der Waals surface area contributed by atoms with E-state index in [4.69, 9.17) is 9.62 Å². The molecule has 0 aromatic carbocycles. The smallest absolute Gasteiger partial charge is 0.339 e. The zero-order chi connectivity index (χ0) is 12.1. The Morgan fingerprint density at radius 1 is 1.38 bits per heavy atom. The molecule has 8 nitrogen and oxygen atoms in total. The molecule has 0 spiro atoms. The van der Waals surface area contributed by atoms with Gasteiger partial charge in [0.05, 0.1) is 13.7 Å². The molecular weight excluding hydrogens is 224 g/mol. The fourth-order valence-corrected chi connectivity index (χ4v) is 1.21. The Hall–Kier alpha value is -0.770. The molecule has 0 amide bonds. The van der Waals surface area contributed by atoms with Crippen LogP contribution in [0.3, 0.4) is 0 Å². The number of ether oxygens (including phenoxy) is 1. The van der Waals surface area contributed by atoms with Gasteiger partial charge in [-0.05, 0) is 0 Å². The maximum Gasteiger partial charge on any atom is 0.339 e. The minimum absolute atomic E-state index is 0.112. The van der Waals surface area contributed by atoms with E-state index in [-0.39, 0.29) is 6.61 Å². The third kappa shape index (κ3) is 3.37. The number of carbonyl (C=O) groups excluding carboxylic acids is 1. The van der Waals surface area contributed by atoms with Crippen molar-refractivity contribution in [2.75, 3.05) is 13.7 Å². The summed E-state index contributed by atoms with van der Waals surface area (Å²) in [5.74, 6) is -0.656. The lowest BCUT2D eigenvalue weighted by atomic mass is 10.1. The molecule has 1 saturated heterocycles. The van der Waals surface area contributed by atoms with Gasteiger partial charge >= 0.3 is 5.97 Å². The first-order valence-electron chi connectivity index (χ1n) is 4.57. The average molecular weight is 238 g/mol. The van der Waals surface area contributed by atoms with E-state index in [1.165, 1.54) is 7.11 Å². The SMILES string of the molecule is COO[C@H]1[C@@H](OOC(C)=O)COC(O)[C@H]1O. The summed E-state index contributed by atoms with van der Waals surface area (Å²) < 4.78 is 4.77. The summed E-state index contributed by atoms with van der Waals surface area (Å²) in [7, 11) is 1.23. The fraction of sp³-hybridized carbons (Fsp3) is 0.875. The Balaban J connectivity index is 2.55. The fourth-order valence-electron chi connectivity index (χ4n) is 1.21. The maximum absolute atomic E-state index is 10.5. The first-order chi connectivity index (χ1) is 7.56. The first-order valence-corrected chi connectivity index (χ1v) is 4.57. The van der Waals surface area contributed by atoms with Crippen LogP contribution in [-0.2, 0) is 29.1 Å². The van der Waals surface area contributed by atoms with Crippen LogP contribution in [0.1, 0.15) is 6.92 Å². The molecule has 0 saturated carbocycles. The number of hydrogen-bond donors (Lipinski definition) is 2. The zero-order valence-corrected chi connectivity index (χ0v) is 8.86. The predicted molar refractivity (Wildman–Crippen MR) is 46.5 cm³/mol. The van der Waals surface area contributed by atoms with E-state index in [9.17, 15) is 15.0 Å². The molecule has 1 heterocycles. The molecule has 1 aliphatic rings. The third-order valence-corrected chi connectivity index (χ3v) is 1.92. The van der Waals surface area contributed by atoms with Crippen LogP contribution in [0.5, 0.6) is 0 Å². The summed E-state index contributed by atoms with van der Waals surface area (Å²) in [6.07, 6.45) is -4.68. The number of aliphatic hydroxyl groups is 2. The molecular formula is C8H14O8. The molecule has 4 atom stereocenters. The van der Waals surface area contributed by atoms with Crippen LogP contribution in [0.4, 0.5) is 0 Å². The topological polar surface area (TPSA) is 104 Å². The molecule has 0 bridgehead atoms. The summed E-state index contributed by atoms with van der Waals surface area (Å²) >= 11 is 0. The lowest BCUT2D eigenvalue weighted by Gasteiger charge is -2.34. The molecule has 0 radical (unpaired) electrons. The zero-order valence-electron chi connectivity index (χ0n) is 8.86. The first kappa shape index (κ1) is 13.3. The van der Waals surface area contributed by atoms with E-state index in [0.29, 0.717) is 0 Å². The summed E-state index contributed by atoms with van der Waals surface area (Å²) in [5.41, 5.74) is 0. The summed E-state index contributed by atoms with van der Waals surface area (Å²) in [6, 6.07) is 0. The monoisotopic (exact) mass is 238 g/mol. The lowest BCUT2D eigenvalue weighted by molar-refractivity contribution is -0.411. The highest BCUT2D eigenvalue weighted by Gasteiger charge is 2.42. The van der Waals surface area contributed by atoms with Crippen LogP contribution >= 0.6 is 0 Å². The van der Waals surface area contributed by atoms with Crippen molar-refractivity contribution in [3.63, 3.8) is 0 Å². The minimum atomic E-state index is -1.41. The third-order valence-electron chi connectivity index (χ3n) is 1.92. The average Bonchev–Trinajstić information content (AvgIpc) is 2.24. The summed E-state index contributed by atoms with van der Waals surface area (Å²) in [4.78, 5) is 28.6. The van der Waals surface area contributed by atoms with E-state index in [0.717, 1.165) is 6.92 Å². The predicted octanol–water partition coefficient (Wildman–Crippen LogP) is -1.49. The van der Waals surface area contributed by atoms with E-state index in [1.54, 1.807) is 0 Å². The van der Waals surface area contributed by atoms with Gasteiger partial charge in [0.1, 0.15) is 6.10 Å². The largest absolute Gasteiger partial charge is 0.385 e. The molecule has 1 fully saturated rings. The number of aliphatic hydroxyl groups excluding tert-OH is 2. The van der Waals surface area contributed by atoms with E-state index >= 15 is 0 Å². The van der Waals surface area contributed by atoms with Gasteiger partial charge in [0.25, 0.3) is 0 Å². The molecule has 1 unspecified atom stereocenters. The molecule has 0 aromatic heterocycles. The molecule has 1 rings (SSSR count). The molecule has 0 aliphatic carbocycles. The highest BCUT2D eigenvalue weighted by molar-refractivity contribution is 5.65. The van der Waals surface area contributed by atoms with Gasteiger partial charge in [-0.1, -0.05) is 0 Å². The lowest BCUT2D eigenvalue weighted by Crippen LogP contribution is -2.55. The van der Waals surface area contributed by atoms with Gasteiger partial charge in [-0.15, -0.1) is 0 Å². The second kappa shape index (κ2) is 6.09. The Labute approximate surface area is 91.5 Å². The highest BCUT2D eigenvalue weighted by Crippen LogP contribution is 2.19. The van der Waals surface area contributed by atoms with Crippen molar-refractivity contribution in [1.82, 2.24) is 0 Å². The quantitative estimate of drug-likeness (QED) is 0.450. The molecule has 8 heteroatoms. The molecule has 1 aliphatic heterocycles. The number of hydrogen-bond acceptors (Lipinski definition) is 8. The van der Waals surface area contributed by atoms with Crippen LogP contribution in [0, 0.1) is 0 Å². The van der Waals surface area contributed by atoms with Crippen LogP contribution in [-0.4, -0.2) is 54.5 Å². The van der Waals surface area contributed by atoms with Crippen molar-refractivity contribution in [3.05, 3.63) is 0 Å². The maximum atomic E-state index is 10.5. The molecule has 0 aromatic rings. The van der Waals surface area contributed by atoms with Crippen molar-refractivity contribution in [2.45, 2.75) is 31.5 Å². The molecule has 94 valence electrons. The standard InChI is InChI=1S/C8H14O8/c1-4(9)14-15-5-3-13-8(11)6(10)7(5)16-12-2/h5-8,10-11H,3H2,1-2H3/t5-,6-,7-,8?/m0/s1. The summed E-state index contributed by atoms with van der Waals surface area (Å²) in [5, 5.41) is 18.7. The Kier molecular flexibility index (Phi) is 5.06. The van der Waals surface area contributed by atoms with Gasteiger partial charge in [-0.25, -0.2) is 14.6 Å². The van der Waals surface area contributed by atoms with Crippen molar-refractivity contribution >= 4 is 5.97 Å². The Morgan fingerprint density at radius 2 is 2.06 bits per heavy atom. The van der Waals surface area contributed by atoms with Gasteiger partial charge < -0.3 is 14.9 Å². The van der Waals surface area contributed by atoms with E-state index in [2.05, 4.69) is 14.7 Å². The van der Waals surface area contributed by atoms with Crippen LogP contribution in [0.15, 0.2) is 0 Å². The second-order valence-corrected chi connectivity index (χ2v) is 3.15. The van der Waals surface area contributed by atoms with E-state index in [1.807, 2.05) is 0 Å². The van der Waals surface area contributed by atoms with Gasteiger partial charge in [-0.2, -0.15) is 4.89 Å². The van der Waals surface area contributed by atoms with Crippen molar-refractivity contribution < 1.29 is 39.3 Å². The normalized spacial score (nSPS) is 34.8. The van der Waals surface area contributed by atoms with Crippen LogP contribution < -0.4 is 0 Å². The minimum Gasteiger partial charge on any atom is -0.385 e. The van der Waals surface area contributed by atoms with E-state index < -0.39 is 30.6 Å². The summed E-state index contributed by atoms with van der Waals surface area (Å²) in [6.45, 7) is 1.04. The van der Waals surface area contributed by atoms with Crippen molar-refractivity contribution in [3.8, 4) is 0 Å². The van der Waals surface area contributed by atoms with Crippen molar-refractivity contribution in [2.24, 2.45) is 0 Å². The number of carbonyl (C=O) groups is 1. The van der Waals surface area contributed by atoms with Crippen LogP contribution in [0.2, 0.25) is 0 Å². The van der Waals surface area contributed by atoms with Gasteiger partial charge in [0, 0.05) is 6.92 Å². The molecule has 2 N–H and O–H groups in total. The Morgan fingerprint density at radius 3 is 2.62 bits per heavy atom. The van der Waals surface area contributed by atoms with Crippen molar-refractivity contribution in [1.29, 1.82) is 0 Å². The second-order valence-electron chi connectivity index (χ2n) is 3.15. The van der Waals surface area contributed by atoms with Gasteiger partial charge in [0.2, 0.25) is 0 Å². The van der Waals surface area contributed by atoms with Crippen LogP contribution in [0.25, 0.3) is 0 Å². The van der Waals surface area contributed by atoms with Gasteiger partial charge in [-0.3, -0.25) is 4.89 Å². The molecule has 16 heavy (non-hydrogen) atoms. The van der Waals surface area contributed by atoms with Gasteiger partial charge in [0.15, 0.2) is 18.5 Å².